The Morgan fingerprint density at radius 2 is 1.77 bits per heavy atom. The zero-order valence-electron chi connectivity index (χ0n) is 15.8. The number of allylic oxidation sites excluding steroid dienone is 2. The van der Waals surface area contributed by atoms with Gasteiger partial charge in [0.2, 0.25) is 0 Å². The first-order valence-corrected chi connectivity index (χ1v) is 9.98. The summed E-state index contributed by atoms with van der Waals surface area (Å²) in [6.45, 7) is 0. The number of nitrogens with zero attached hydrogens (tertiary/aromatic N) is 3. The molecule has 1 aromatic heterocycles. The Kier molecular flexibility index (Phi) is 3.45. The molecule has 4 aliphatic carbocycles. The average molecular weight is 403 g/mol. The first-order valence-electron chi connectivity index (χ1n) is 9.98. The topological polar surface area (TPSA) is 106 Å². The molecule has 150 valence electrons. The molecular weight excluding hydrogens is 386 g/mol. The minimum Gasteiger partial charge on any atom is -0.455 e. The molecule has 2 aromatic rings. The van der Waals surface area contributed by atoms with Crippen molar-refractivity contribution in [3.63, 3.8) is 0 Å². The molecule has 5 aliphatic rings. The third kappa shape index (κ3) is 2.36. The van der Waals surface area contributed by atoms with Gasteiger partial charge in [0.1, 0.15) is 11.5 Å². The van der Waals surface area contributed by atoms with E-state index in [4.69, 9.17) is 4.42 Å². The second-order valence-corrected chi connectivity index (χ2v) is 8.40. The summed E-state index contributed by atoms with van der Waals surface area (Å²) in [5, 5.41) is 16.1. The van der Waals surface area contributed by atoms with Crippen molar-refractivity contribution >= 4 is 23.7 Å². The lowest BCUT2D eigenvalue weighted by molar-refractivity contribution is -0.384. The summed E-state index contributed by atoms with van der Waals surface area (Å²) in [5.41, 5.74) is 0.529. The first-order chi connectivity index (χ1) is 14.5. The number of hydrogen-bond acceptors (Lipinski definition) is 6. The first kappa shape index (κ1) is 17.3. The third-order valence-electron chi connectivity index (χ3n) is 6.91. The van der Waals surface area contributed by atoms with Crippen molar-refractivity contribution in [2.24, 2.45) is 40.6 Å². The van der Waals surface area contributed by atoms with Crippen LogP contribution in [0.3, 0.4) is 0 Å². The third-order valence-corrected chi connectivity index (χ3v) is 6.91. The Hall–Kier alpha value is -3.55. The maximum Gasteiger partial charge on any atom is 0.270 e. The van der Waals surface area contributed by atoms with Gasteiger partial charge in [0.05, 0.1) is 23.0 Å². The van der Waals surface area contributed by atoms with E-state index in [9.17, 15) is 19.7 Å². The van der Waals surface area contributed by atoms with E-state index in [-0.39, 0.29) is 41.2 Å². The van der Waals surface area contributed by atoms with Crippen LogP contribution in [0.25, 0.3) is 11.3 Å². The highest BCUT2D eigenvalue weighted by Crippen LogP contribution is 2.65. The van der Waals surface area contributed by atoms with Gasteiger partial charge in [-0.25, -0.2) is 0 Å². The molecule has 0 radical (unpaired) electrons. The van der Waals surface area contributed by atoms with Crippen LogP contribution in [0.15, 0.2) is 58.1 Å². The number of nitro groups is 1. The van der Waals surface area contributed by atoms with Gasteiger partial charge in [0.25, 0.3) is 17.5 Å². The molecule has 3 fully saturated rings. The van der Waals surface area contributed by atoms with Crippen LogP contribution in [0.1, 0.15) is 12.2 Å². The Balaban J connectivity index is 1.24. The predicted octanol–water partition coefficient (Wildman–Crippen LogP) is 3.24. The Morgan fingerprint density at radius 3 is 2.43 bits per heavy atom. The van der Waals surface area contributed by atoms with Gasteiger partial charge in [-0.2, -0.15) is 10.1 Å². The van der Waals surface area contributed by atoms with E-state index < -0.39 is 4.92 Å². The zero-order valence-corrected chi connectivity index (χ0v) is 15.8. The van der Waals surface area contributed by atoms with Gasteiger partial charge >= 0.3 is 0 Å². The minimum absolute atomic E-state index is 0.0312. The van der Waals surface area contributed by atoms with Gasteiger partial charge in [0.15, 0.2) is 0 Å². The van der Waals surface area contributed by atoms with E-state index in [1.165, 1.54) is 18.3 Å². The highest BCUT2D eigenvalue weighted by Gasteiger charge is 2.67. The molecule has 2 heterocycles. The van der Waals surface area contributed by atoms with Crippen LogP contribution < -0.4 is 0 Å². The molecule has 1 saturated heterocycles. The summed E-state index contributed by atoms with van der Waals surface area (Å²) >= 11 is 0. The van der Waals surface area contributed by atoms with Crippen LogP contribution in [0.5, 0.6) is 0 Å². The average Bonchev–Trinajstić information content (AvgIpc) is 3.39. The number of carbonyl (C=O) groups excluding carboxylic acids is 2. The summed E-state index contributed by atoms with van der Waals surface area (Å²) in [5.74, 6) is 1.18. The Labute approximate surface area is 171 Å². The summed E-state index contributed by atoms with van der Waals surface area (Å²) in [6.07, 6.45) is 6.71. The van der Waals surface area contributed by atoms with Crippen LogP contribution in [0, 0.1) is 45.6 Å². The molecule has 0 unspecified atom stereocenters. The number of furan rings is 1. The van der Waals surface area contributed by atoms with Crippen molar-refractivity contribution in [3.05, 3.63) is 64.4 Å². The van der Waals surface area contributed by atoms with Crippen molar-refractivity contribution in [3.8, 4) is 11.3 Å². The fraction of sp³-hybridized carbons (Fsp3) is 0.318. The monoisotopic (exact) mass is 403 g/mol. The highest BCUT2D eigenvalue weighted by atomic mass is 16.6. The van der Waals surface area contributed by atoms with Crippen molar-refractivity contribution in [1.82, 2.24) is 5.01 Å². The Morgan fingerprint density at radius 1 is 1.07 bits per heavy atom. The van der Waals surface area contributed by atoms with Crippen LogP contribution in [0.2, 0.25) is 0 Å². The van der Waals surface area contributed by atoms with Crippen molar-refractivity contribution in [2.45, 2.75) is 6.42 Å². The quantitative estimate of drug-likeness (QED) is 0.256. The molecule has 6 atom stereocenters. The summed E-state index contributed by atoms with van der Waals surface area (Å²) in [7, 11) is 0. The largest absolute Gasteiger partial charge is 0.455 e. The second-order valence-electron chi connectivity index (χ2n) is 8.40. The van der Waals surface area contributed by atoms with E-state index in [0.717, 1.165) is 11.4 Å². The number of benzene rings is 1. The fourth-order valence-corrected chi connectivity index (χ4v) is 5.52. The smallest absolute Gasteiger partial charge is 0.270 e. The number of nitro benzene ring substituents is 1. The molecule has 1 aromatic carbocycles. The summed E-state index contributed by atoms with van der Waals surface area (Å²) in [4.78, 5) is 36.3. The van der Waals surface area contributed by atoms with Gasteiger partial charge in [-0.05, 0) is 42.2 Å². The molecule has 0 N–H and O–H groups in total. The second kappa shape index (κ2) is 5.98. The lowest BCUT2D eigenvalue weighted by Gasteiger charge is -2.37. The van der Waals surface area contributed by atoms with Gasteiger partial charge in [-0.1, -0.05) is 24.3 Å². The van der Waals surface area contributed by atoms with E-state index in [1.807, 2.05) is 0 Å². The maximum atomic E-state index is 12.9. The van der Waals surface area contributed by atoms with E-state index in [0.29, 0.717) is 28.9 Å². The predicted molar refractivity (Wildman–Crippen MR) is 105 cm³/mol. The molecule has 1 aliphatic heterocycles. The number of hydrazone groups is 1. The minimum atomic E-state index is -0.467. The number of amides is 2. The van der Waals surface area contributed by atoms with Crippen LogP contribution in [0.4, 0.5) is 5.69 Å². The van der Waals surface area contributed by atoms with E-state index >= 15 is 0 Å². The number of rotatable bonds is 4. The lowest BCUT2D eigenvalue weighted by atomic mass is 9.63. The number of imide groups is 1. The van der Waals surface area contributed by atoms with Gasteiger partial charge in [0, 0.05) is 17.7 Å². The number of hydrogen-bond donors (Lipinski definition) is 0. The van der Waals surface area contributed by atoms with Gasteiger partial charge in [-0.3, -0.25) is 19.7 Å². The standard InChI is InChI=1S/C22H17N3O5/c26-21-19-14-5-6-15(17-9-16(14)17)20(19)22(27)24(21)23-10-13-4-7-18(30-13)11-2-1-3-12(8-11)25(28)29/h1-8,10,14-17,19-20H,9H2/t14-,15-,16-,17+,19+,20+/m0/s1. The SMILES string of the molecule is O=C1[C@@H]2[C@H]3C=C[C@@H]([C@@H]4C[C@H]34)[C@H]2C(=O)N1N=Cc1ccc(-c2cccc([N+](=O)[O-])c2)o1. The maximum absolute atomic E-state index is 12.9. The molecule has 7 rings (SSSR count). The number of non-ortho nitro benzene ring substituents is 1. The van der Waals surface area contributed by atoms with E-state index in [1.54, 1.807) is 24.3 Å². The zero-order chi connectivity index (χ0) is 20.6. The molecular formula is C22H17N3O5. The summed E-state index contributed by atoms with van der Waals surface area (Å²) < 4.78 is 5.70. The van der Waals surface area contributed by atoms with Crippen LogP contribution >= 0.6 is 0 Å². The van der Waals surface area contributed by atoms with Gasteiger partial charge in [-0.15, -0.1) is 0 Å². The Bertz CT molecular complexity index is 1130. The van der Waals surface area contributed by atoms with Crippen molar-refractivity contribution in [2.75, 3.05) is 0 Å². The lowest BCUT2D eigenvalue weighted by Crippen LogP contribution is -2.40. The fourth-order valence-electron chi connectivity index (χ4n) is 5.52. The normalized spacial score (nSPS) is 33.3. The molecule has 2 saturated carbocycles. The van der Waals surface area contributed by atoms with Crippen molar-refractivity contribution in [1.29, 1.82) is 0 Å². The molecule has 8 nitrogen and oxygen atoms in total. The molecule has 2 amide bonds. The molecule has 0 spiro atoms. The van der Waals surface area contributed by atoms with Crippen LogP contribution in [-0.2, 0) is 9.59 Å². The van der Waals surface area contributed by atoms with Gasteiger partial charge < -0.3 is 4.42 Å². The molecule has 8 heteroatoms. The number of carbonyl (C=O) groups is 2. The van der Waals surface area contributed by atoms with Crippen LogP contribution in [-0.4, -0.2) is 28.0 Å². The van der Waals surface area contributed by atoms with E-state index in [2.05, 4.69) is 17.3 Å². The van der Waals surface area contributed by atoms with Crippen molar-refractivity contribution < 1.29 is 18.9 Å². The molecule has 2 bridgehead atoms. The highest BCUT2D eigenvalue weighted by molar-refractivity contribution is 6.06. The molecule has 30 heavy (non-hydrogen) atoms. The summed E-state index contributed by atoms with van der Waals surface area (Å²) in [6, 6.07) is 9.44.